The van der Waals surface area contributed by atoms with Crippen LogP contribution < -0.4 is 5.32 Å². The summed E-state index contributed by atoms with van der Waals surface area (Å²) < 4.78 is 0. The summed E-state index contributed by atoms with van der Waals surface area (Å²) in [7, 11) is 0. The third kappa shape index (κ3) is 4.02. The second-order valence-corrected chi connectivity index (χ2v) is 5.60. The van der Waals surface area contributed by atoms with Crippen molar-refractivity contribution >= 4 is 0 Å². The zero-order chi connectivity index (χ0) is 15.4. The predicted molar refractivity (Wildman–Crippen MR) is 85.4 cm³/mol. The monoisotopic (exact) mass is 285 g/mol. The zero-order valence-corrected chi connectivity index (χ0v) is 13.1. The Balaban J connectivity index is 2.22. The Morgan fingerprint density at radius 3 is 2.14 bits per heavy atom. The summed E-state index contributed by atoms with van der Waals surface area (Å²) in [6, 6.07) is 7.48. The summed E-state index contributed by atoms with van der Waals surface area (Å²) in [6.07, 6.45) is 0.936. The largest absolute Gasteiger partial charge is 0.508 e. The van der Waals surface area contributed by atoms with Gasteiger partial charge in [-0.3, -0.25) is 0 Å². The third-order valence-electron chi connectivity index (χ3n) is 3.47. The van der Waals surface area contributed by atoms with E-state index in [4.69, 9.17) is 0 Å². The number of phenolic OH excluding ortho intramolecular Hbond substituents is 1. The molecule has 0 radical (unpaired) electrons. The van der Waals surface area contributed by atoms with Crippen LogP contribution in [0.1, 0.15) is 30.8 Å². The molecule has 2 aromatic rings. The lowest BCUT2D eigenvalue weighted by molar-refractivity contribution is 0.475. The molecule has 0 aliphatic carbocycles. The van der Waals surface area contributed by atoms with Gasteiger partial charge in [-0.15, -0.1) is 0 Å². The number of nitrogens with one attached hydrogen (secondary N) is 1. The van der Waals surface area contributed by atoms with Crippen molar-refractivity contribution < 1.29 is 5.11 Å². The summed E-state index contributed by atoms with van der Waals surface area (Å²) in [5, 5.41) is 12.8. The lowest BCUT2D eigenvalue weighted by Gasteiger charge is -2.13. The fraction of sp³-hybridized carbons (Fsp3) is 0.412. The highest BCUT2D eigenvalue weighted by atomic mass is 16.3. The molecule has 1 aromatic carbocycles. The van der Waals surface area contributed by atoms with Crippen LogP contribution in [0, 0.1) is 13.8 Å². The fourth-order valence-electron chi connectivity index (χ4n) is 2.33. The Morgan fingerprint density at radius 2 is 1.62 bits per heavy atom. The number of hydrogen-bond donors (Lipinski definition) is 2. The lowest BCUT2D eigenvalue weighted by atomic mass is 10.1. The second-order valence-electron chi connectivity index (χ2n) is 5.60. The number of aryl methyl sites for hydroxylation is 2. The molecule has 0 saturated heterocycles. The maximum atomic E-state index is 9.35. The van der Waals surface area contributed by atoms with Crippen LogP contribution in [0.15, 0.2) is 24.3 Å². The molecule has 0 amide bonds. The van der Waals surface area contributed by atoms with Crippen LogP contribution in [-0.2, 0) is 6.42 Å². The molecule has 2 N–H and O–H groups in total. The first-order valence-corrected chi connectivity index (χ1v) is 7.34. The molecule has 0 fully saturated rings. The minimum Gasteiger partial charge on any atom is -0.508 e. The van der Waals surface area contributed by atoms with E-state index in [0.29, 0.717) is 11.9 Å². The van der Waals surface area contributed by atoms with E-state index < -0.39 is 0 Å². The van der Waals surface area contributed by atoms with Crippen LogP contribution in [0.4, 0.5) is 0 Å². The molecule has 4 nitrogen and oxygen atoms in total. The van der Waals surface area contributed by atoms with Gasteiger partial charge >= 0.3 is 0 Å². The molecule has 0 atom stereocenters. The molecule has 0 aliphatic heterocycles. The molecule has 1 aromatic heterocycles. The third-order valence-corrected chi connectivity index (χ3v) is 3.47. The Kier molecular flexibility index (Phi) is 4.91. The molecule has 0 saturated carbocycles. The van der Waals surface area contributed by atoms with Gasteiger partial charge in [0.15, 0.2) is 5.82 Å². The molecule has 4 heteroatoms. The van der Waals surface area contributed by atoms with Crippen molar-refractivity contribution in [2.75, 3.05) is 6.54 Å². The first-order chi connectivity index (χ1) is 9.97. The number of phenols is 1. The Morgan fingerprint density at radius 1 is 1.05 bits per heavy atom. The van der Waals surface area contributed by atoms with Gasteiger partial charge < -0.3 is 10.4 Å². The molecular formula is C17H23N3O. The number of aromatic nitrogens is 2. The molecule has 112 valence electrons. The molecule has 21 heavy (non-hydrogen) atoms. The van der Waals surface area contributed by atoms with Crippen molar-refractivity contribution in [3.63, 3.8) is 0 Å². The van der Waals surface area contributed by atoms with E-state index in [1.807, 2.05) is 26.0 Å². The average Bonchev–Trinajstić information content (AvgIpc) is 2.42. The van der Waals surface area contributed by atoms with E-state index in [0.717, 1.165) is 29.9 Å². The Hall–Kier alpha value is -1.94. The maximum absolute atomic E-state index is 9.35. The van der Waals surface area contributed by atoms with Gasteiger partial charge in [0.05, 0.1) is 0 Å². The van der Waals surface area contributed by atoms with Gasteiger partial charge in [0, 0.05) is 23.0 Å². The molecule has 0 bridgehead atoms. The summed E-state index contributed by atoms with van der Waals surface area (Å²) >= 11 is 0. The molecule has 1 heterocycles. The lowest BCUT2D eigenvalue weighted by Crippen LogP contribution is -2.25. The highest BCUT2D eigenvalue weighted by Crippen LogP contribution is 2.21. The van der Waals surface area contributed by atoms with Crippen molar-refractivity contribution in [2.24, 2.45) is 0 Å². The van der Waals surface area contributed by atoms with Crippen LogP contribution in [0.3, 0.4) is 0 Å². The highest BCUT2D eigenvalue weighted by molar-refractivity contribution is 5.57. The van der Waals surface area contributed by atoms with Crippen molar-refractivity contribution in [3.05, 3.63) is 41.2 Å². The van der Waals surface area contributed by atoms with Crippen molar-refractivity contribution in [1.82, 2.24) is 15.3 Å². The fourth-order valence-corrected chi connectivity index (χ4v) is 2.33. The van der Waals surface area contributed by atoms with E-state index in [9.17, 15) is 5.11 Å². The Labute approximate surface area is 126 Å². The van der Waals surface area contributed by atoms with Gasteiger partial charge in [-0.2, -0.15) is 0 Å². The van der Waals surface area contributed by atoms with Crippen molar-refractivity contribution in [1.29, 1.82) is 0 Å². The van der Waals surface area contributed by atoms with E-state index >= 15 is 0 Å². The van der Waals surface area contributed by atoms with Crippen molar-refractivity contribution in [2.45, 2.75) is 40.2 Å². The van der Waals surface area contributed by atoms with Crippen LogP contribution in [-0.4, -0.2) is 27.7 Å². The molecule has 0 unspecified atom stereocenters. The summed E-state index contributed by atoms with van der Waals surface area (Å²) in [6.45, 7) is 9.28. The van der Waals surface area contributed by atoms with Gasteiger partial charge in [0.2, 0.25) is 0 Å². The van der Waals surface area contributed by atoms with Gasteiger partial charge in [-0.25, -0.2) is 9.97 Å². The standard InChI is InChI=1S/C17H23N3O/c1-11(2)18-10-9-16-12(3)19-17(20-13(16)4)14-5-7-15(21)8-6-14/h5-8,11,18,21H,9-10H2,1-4H3. The first-order valence-electron chi connectivity index (χ1n) is 7.34. The summed E-state index contributed by atoms with van der Waals surface area (Å²) in [5.41, 5.74) is 4.18. The van der Waals surface area contributed by atoms with E-state index in [2.05, 4.69) is 29.1 Å². The van der Waals surface area contributed by atoms with Gasteiger partial charge in [0.25, 0.3) is 0 Å². The average molecular weight is 285 g/mol. The van der Waals surface area contributed by atoms with E-state index in [1.165, 1.54) is 5.56 Å². The van der Waals surface area contributed by atoms with Gasteiger partial charge in [0.1, 0.15) is 5.75 Å². The number of hydrogen-bond acceptors (Lipinski definition) is 4. The maximum Gasteiger partial charge on any atom is 0.159 e. The van der Waals surface area contributed by atoms with Crippen LogP contribution >= 0.6 is 0 Å². The molecule has 0 aliphatic rings. The molecule has 2 rings (SSSR count). The normalized spacial score (nSPS) is 11.1. The van der Waals surface area contributed by atoms with E-state index in [-0.39, 0.29) is 5.75 Å². The SMILES string of the molecule is Cc1nc(-c2ccc(O)cc2)nc(C)c1CCNC(C)C. The van der Waals surface area contributed by atoms with Gasteiger partial charge in [-0.05, 0) is 56.6 Å². The number of nitrogens with zero attached hydrogens (tertiary/aromatic N) is 2. The molecule has 0 spiro atoms. The summed E-state index contributed by atoms with van der Waals surface area (Å²) in [4.78, 5) is 9.22. The summed E-state index contributed by atoms with van der Waals surface area (Å²) in [5.74, 6) is 0.967. The van der Waals surface area contributed by atoms with Crippen LogP contribution in [0.25, 0.3) is 11.4 Å². The minimum atomic E-state index is 0.253. The first kappa shape index (κ1) is 15.4. The van der Waals surface area contributed by atoms with E-state index in [1.54, 1.807) is 12.1 Å². The number of aromatic hydroxyl groups is 1. The smallest absolute Gasteiger partial charge is 0.159 e. The predicted octanol–water partition coefficient (Wildman–Crippen LogP) is 3.01. The highest BCUT2D eigenvalue weighted by Gasteiger charge is 2.10. The number of benzene rings is 1. The Bertz CT molecular complexity index is 583. The molecular weight excluding hydrogens is 262 g/mol. The number of rotatable bonds is 5. The quantitative estimate of drug-likeness (QED) is 0.886. The second kappa shape index (κ2) is 6.68. The zero-order valence-electron chi connectivity index (χ0n) is 13.1. The van der Waals surface area contributed by atoms with Crippen LogP contribution in [0.2, 0.25) is 0 Å². The topological polar surface area (TPSA) is 58.0 Å². The van der Waals surface area contributed by atoms with Gasteiger partial charge in [-0.1, -0.05) is 13.8 Å². The minimum absolute atomic E-state index is 0.253. The van der Waals surface area contributed by atoms with Crippen molar-refractivity contribution in [3.8, 4) is 17.1 Å². The van der Waals surface area contributed by atoms with Crippen LogP contribution in [0.5, 0.6) is 5.75 Å².